The van der Waals surface area contributed by atoms with Crippen LogP contribution in [0.3, 0.4) is 0 Å². The van der Waals surface area contributed by atoms with Gasteiger partial charge in [-0.1, -0.05) is 46.0 Å². The highest BCUT2D eigenvalue weighted by Gasteiger charge is 2.20. The summed E-state index contributed by atoms with van der Waals surface area (Å²) >= 11 is 0. The Hall–Kier alpha value is -0.0400. The van der Waals surface area contributed by atoms with Crippen LogP contribution in [0.25, 0.3) is 0 Å². The predicted octanol–water partition coefficient (Wildman–Crippen LogP) is 4.94. The topological polar surface area (TPSA) is 9.23 Å². The molecule has 1 aliphatic carbocycles. The number of ether oxygens (including phenoxy) is 1. The van der Waals surface area contributed by atoms with Crippen LogP contribution in [0.1, 0.15) is 78.1 Å². The lowest BCUT2D eigenvalue weighted by Crippen LogP contribution is -2.22. The van der Waals surface area contributed by atoms with Gasteiger partial charge in [-0.05, 0) is 38.0 Å². The summed E-state index contributed by atoms with van der Waals surface area (Å²) in [5, 5.41) is 0. The van der Waals surface area contributed by atoms with E-state index in [1.54, 1.807) is 0 Å². The highest BCUT2D eigenvalue weighted by atomic mass is 16.5. The second-order valence-corrected chi connectivity index (χ2v) is 5.36. The lowest BCUT2D eigenvalue weighted by Gasteiger charge is -2.28. The van der Waals surface area contributed by atoms with Crippen molar-refractivity contribution in [3.63, 3.8) is 0 Å². The van der Waals surface area contributed by atoms with Crippen LogP contribution in [0.15, 0.2) is 0 Å². The van der Waals surface area contributed by atoms with E-state index in [4.69, 9.17) is 4.74 Å². The van der Waals surface area contributed by atoms with E-state index in [-0.39, 0.29) is 0 Å². The fourth-order valence-corrected chi connectivity index (χ4v) is 2.77. The minimum Gasteiger partial charge on any atom is -0.378 e. The molecule has 0 aromatic heterocycles. The summed E-state index contributed by atoms with van der Waals surface area (Å²) in [7, 11) is 0. The average Bonchev–Trinajstić information content (AvgIpc) is 2.31. The SMILES string of the molecule is CCCCCCOC1CCC(CCC)CC1. The van der Waals surface area contributed by atoms with Crippen molar-refractivity contribution >= 4 is 0 Å². The standard InChI is InChI=1S/C15H30O/c1-3-5-6-7-13-16-15-11-9-14(8-4-2)10-12-15/h14-15H,3-13H2,1-2H3. The van der Waals surface area contributed by atoms with Crippen LogP contribution in [0.4, 0.5) is 0 Å². The molecule has 0 aliphatic heterocycles. The third kappa shape index (κ3) is 5.89. The zero-order valence-corrected chi connectivity index (χ0v) is 11.3. The van der Waals surface area contributed by atoms with Crippen molar-refractivity contribution in [2.45, 2.75) is 84.2 Å². The van der Waals surface area contributed by atoms with Crippen LogP contribution < -0.4 is 0 Å². The number of hydrogen-bond donors (Lipinski definition) is 0. The second-order valence-electron chi connectivity index (χ2n) is 5.36. The fourth-order valence-electron chi connectivity index (χ4n) is 2.77. The Morgan fingerprint density at radius 3 is 2.25 bits per heavy atom. The van der Waals surface area contributed by atoms with Gasteiger partial charge in [0.1, 0.15) is 0 Å². The van der Waals surface area contributed by atoms with Gasteiger partial charge in [-0.2, -0.15) is 0 Å². The van der Waals surface area contributed by atoms with Crippen molar-refractivity contribution in [2.75, 3.05) is 6.61 Å². The summed E-state index contributed by atoms with van der Waals surface area (Å²) in [5.74, 6) is 1.00. The lowest BCUT2D eigenvalue weighted by atomic mass is 9.85. The van der Waals surface area contributed by atoms with E-state index in [1.165, 1.54) is 64.2 Å². The smallest absolute Gasteiger partial charge is 0.0575 e. The molecule has 1 saturated carbocycles. The molecule has 1 aliphatic rings. The number of unbranched alkanes of at least 4 members (excludes halogenated alkanes) is 3. The molecule has 0 aromatic carbocycles. The monoisotopic (exact) mass is 226 g/mol. The molecule has 0 aromatic rings. The van der Waals surface area contributed by atoms with Gasteiger partial charge >= 0.3 is 0 Å². The van der Waals surface area contributed by atoms with Gasteiger partial charge in [0.2, 0.25) is 0 Å². The number of rotatable bonds is 8. The molecule has 0 atom stereocenters. The Kier molecular flexibility index (Phi) is 7.92. The Balaban J connectivity index is 1.95. The molecule has 0 radical (unpaired) electrons. The Bertz CT molecular complexity index is 148. The molecule has 1 fully saturated rings. The summed E-state index contributed by atoms with van der Waals surface area (Å²) in [4.78, 5) is 0. The molecule has 1 rings (SSSR count). The molecular weight excluding hydrogens is 196 g/mol. The van der Waals surface area contributed by atoms with E-state index in [2.05, 4.69) is 13.8 Å². The maximum absolute atomic E-state index is 5.96. The van der Waals surface area contributed by atoms with E-state index in [1.807, 2.05) is 0 Å². The van der Waals surface area contributed by atoms with Gasteiger partial charge in [0, 0.05) is 6.61 Å². The van der Waals surface area contributed by atoms with Gasteiger partial charge in [0.05, 0.1) is 6.10 Å². The minimum atomic E-state index is 0.592. The third-order valence-electron chi connectivity index (χ3n) is 3.84. The summed E-state index contributed by atoms with van der Waals surface area (Å²) in [5.41, 5.74) is 0. The molecule has 96 valence electrons. The molecular formula is C15H30O. The first-order chi connectivity index (χ1) is 7.86. The molecule has 16 heavy (non-hydrogen) atoms. The molecule has 0 heterocycles. The van der Waals surface area contributed by atoms with Crippen molar-refractivity contribution in [3.8, 4) is 0 Å². The molecule has 0 saturated heterocycles. The van der Waals surface area contributed by atoms with Gasteiger partial charge < -0.3 is 4.74 Å². The van der Waals surface area contributed by atoms with Crippen molar-refractivity contribution < 1.29 is 4.74 Å². The van der Waals surface area contributed by atoms with Crippen LogP contribution in [0.5, 0.6) is 0 Å². The molecule has 1 nitrogen and oxygen atoms in total. The van der Waals surface area contributed by atoms with Crippen molar-refractivity contribution in [1.82, 2.24) is 0 Å². The molecule has 0 unspecified atom stereocenters. The normalized spacial score (nSPS) is 25.9. The predicted molar refractivity (Wildman–Crippen MR) is 70.7 cm³/mol. The van der Waals surface area contributed by atoms with E-state index >= 15 is 0 Å². The minimum absolute atomic E-state index is 0.592. The largest absolute Gasteiger partial charge is 0.378 e. The second kappa shape index (κ2) is 9.04. The lowest BCUT2D eigenvalue weighted by molar-refractivity contribution is 0.0153. The molecule has 0 spiro atoms. The maximum atomic E-state index is 5.96. The van der Waals surface area contributed by atoms with Crippen LogP contribution in [0, 0.1) is 5.92 Å². The van der Waals surface area contributed by atoms with E-state index < -0.39 is 0 Å². The summed E-state index contributed by atoms with van der Waals surface area (Å²) in [6.07, 6.45) is 14.1. The Labute approximate surface area is 102 Å². The van der Waals surface area contributed by atoms with E-state index in [9.17, 15) is 0 Å². The fraction of sp³-hybridized carbons (Fsp3) is 1.00. The zero-order chi connectivity index (χ0) is 11.6. The van der Waals surface area contributed by atoms with Crippen molar-refractivity contribution in [1.29, 1.82) is 0 Å². The molecule has 1 heteroatoms. The van der Waals surface area contributed by atoms with Gasteiger partial charge in [-0.15, -0.1) is 0 Å². The summed E-state index contributed by atoms with van der Waals surface area (Å²) in [6.45, 7) is 5.56. The Morgan fingerprint density at radius 2 is 1.62 bits per heavy atom. The molecule has 0 N–H and O–H groups in total. The van der Waals surface area contributed by atoms with E-state index in [0.717, 1.165) is 12.5 Å². The maximum Gasteiger partial charge on any atom is 0.0575 e. The van der Waals surface area contributed by atoms with Crippen LogP contribution >= 0.6 is 0 Å². The average molecular weight is 226 g/mol. The first kappa shape index (κ1) is 14.0. The van der Waals surface area contributed by atoms with Crippen molar-refractivity contribution in [3.05, 3.63) is 0 Å². The quantitative estimate of drug-likeness (QED) is 0.532. The van der Waals surface area contributed by atoms with Crippen LogP contribution in [-0.4, -0.2) is 12.7 Å². The van der Waals surface area contributed by atoms with E-state index in [0.29, 0.717) is 6.10 Å². The number of hydrogen-bond acceptors (Lipinski definition) is 1. The molecule has 0 bridgehead atoms. The van der Waals surface area contributed by atoms with Gasteiger partial charge in [0.15, 0.2) is 0 Å². The first-order valence-corrected chi connectivity index (χ1v) is 7.48. The third-order valence-corrected chi connectivity index (χ3v) is 3.84. The van der Waals surface area contributed by atoms with Crippen LogP contribution in [-0.2, 0) is 4.74 Å². The van der Waals surface area contributed by atoms with Gasteiger partial charge in [-0.3, -0.25) is 0 Å². The van der Waals surface area contributed by atoms with Crippen molar-refractivity contribution in [2.24, 2.45) is 5.92 Å². The Morgan fingerprint density at radius 1 is 0.875 bits per heavy atom. The zero-order valence-electron chi connectivity index (χ0n) is 11.3. The summed E-state index contributed by atoms with van der Waals surface area (Å²) < 4.78 is 5.96. The molecule has 0 amide bonds. The highest BCUT2D eigenvalue weighted by molar-refractivity contribution is 4.72. The first-order valence-electron chi connectivity index (χ1n) is 7.48. The highest BCUT2D eigenvalue weighted by Crippen LogP contribution is 2.29. The van der Waals surface area contributed by atoms with Gasteiger partial charge in [-0.25, -0.2) is 0 Å². The summed E-state index contributed by atoms with van der Waals surface area (Å²) in [6, 6.07) is 0. The van der Waals surface area contributed by atoms with Crippen LogP contribution in [0.2, 0.25) is 0 Å². The van der Waals surface area contributed by atoms with Gasteiger partial charge in [0.25, 0.3) is 0 Å².